The average Bonchev–Trinajstić information content (AvgIpc) is 3.28. The number of allylic oxidation sites excluding steroid dienone is 1. The monoisotopic (exact) mass is 638 g/mol. The van der Waals surface area contributed by atoms with Crippen LogP contribution >= 0.6 is 22.9 Å². The van der Waals surface area contributed by atoms with Gasteiger partial charge in [0, 0.05) is 10.6 Å². The lowest BCUT2D eigenvalue weighted by Crippen LogP contribution is -2.39. The number of aryl methyl sites for hydroxylation is 1. The molecular weight excluding hydrogens is 612 g/mol. The van der Waals surface area contributed by atoms with Crippen molar-refractivity contribution < 1.29 is 26.9 Å². The summed E-state index contributed by atoms with van der Waals surface area (Å²) in [5.74, 6) is 0.0280. The molecule has 222 valence electrons. The molecule has 0 radical (unpaired) electrons. The summed E-state index contributed by atoms with van der Waals surface area (Å²) >= 11 is 7.36. The van der Waals surface area contributed by atoms with E-state index in [-0.39, 0.29) is 32.9 Å². The standard InChI is InChI=1S/C31H27ClN2O7S2/c1-5-40-30(36)27-19(3)33-31-34(28(27)20-8-11-23(39-4)12-9-20)29(35)26(42-31)17-21-16-22(32)10-15-25(21)41-43(37,38)24-13-6-18(2)7-14-24/h6-17,28H,5H2,1-4H3/b26-17-/t28-/m1/s1. The maximum Gasteiger partial charge on any atom is 0.339 e. The maximum atomic E-state index is 14.0. The number of ether oxygens (including phenoxy) is 2. The Hall–Kier alpha value is -4.19. The van der Waals surface area contributed by atoms with Crippen LogP contribution in [0.4, 0.5) is 0 Å². The van der Waals surface area contributed by atoms with Crippen LogP contribution in [-0.2, 0) is 19.6 Å². The first kappa shape index (κ1) is 30.3. The van der Waals surface area contributed by atoms with Gasteiger partial charge in [-0.3, -0.25) is 9.36 Å². The van der Waals surface area contributed by atoms with Gasteiger partial charge in [0.2, 0.25) is 0 Å². The van der Waals surface area contributed by atoms with Crippen LogP contribution in [0.3, 0.4) is 0 Å². The van der Waals surface area contributed by atoms with Crippen molar-refractivity contribution in [3.8, 4) is 11.5 Å². The molecule has 0 amide bonds. The van der Waals surface area contributed by atoms with E-state index in [0.29, 0.717) is 26.8 Å². The lowest BCUT2D eigenvalue weighted by Gasteiger charge is -2.24. The van der Waals surface area contributed by atoms with E-state index in [1.54, 1.807) is 57.4 Å². The van der Waals surface area contributed by atoms with Gasteiger partial charge in [-0.2, -0.15) is 8.42 Å². The third-order valence-corrected chi connectivity index (χ3v) is 9.18. The van der Waals surface area contributed by atoms with E-state index >= 15 is 0 Å². The number of hydrogen-bond donors (Lipinski definition) is 0. The summed E-state index contributed by atoms with van der Waals surface area (Å²) in [7, 11) is -2.63. The molecule has 0 N–H and O–H groups in total. The van der Waals surface area contributed by atoms with Gasteiger partial charge >= 0.3 is 16.1 Å². The molecule has 12 heteroatoms. The normalized spacial score (nSPS) is 15.1. The lowest BCUT2D eigenvalue weighted by atomic mass is 9.96. The van der Waals surface area contributed by atoms with Crippen LogP contribution in [0.1, 0.15) is 36.6 Å². The molecular formula is C31H27ClN2O7S2. The molecule has 4 aromatic rings. The van der Waals surface area contributed by atoms with Crippen molar-refractivity contribution >= 4 is 45.1 Å². The minimum Gasteiger partial charge on any atom is -0.497 e. The number of rotatable bonds is 8. The number of halogens is 1. The van der Waals surface area contributed by atoms with Crippen LogP contribution in [0.5, 0.6) is 11.5 Å². The number of aromatic nitrogens is 1. The van der Waals surface area contributed by atoms with Crippen LogP contribution in [0, 0.1) is 6.92 Å². The van der Waals surface area contributed by atoms with Crippen LogP contribution in [0.25, 0.3) is 6.08 Å². The van der Waals surface area contributed by atoms with E-state index in [0.717, 1.165) is 16.9 Å². The number of methoxy groups -OCH3 is 1. The molecule has 0 aliphatic carbocycles. The number of esters is 1. The summed E-state index contributed by atoms with van der Waals surface area (Å²) in [6.45, 7) is 5.40. The molecule has 0 fully saturated rings. The highest BCUT2D eigenvalue weighted by molar-refractivity contribution is 7.87. The highest BCUT2D eigenvalue weighted by Crippen LogP contribution is 2.32. The minimum absolute atomic E-state index is 0.00842. The molecule has 43 heavy (non-hydrogen) atoms. The first-order chi connectivity index (χ1) is 20.5. The first-order valence-electron chi connectivity index (χ1n) is 13.2. The zero-order valence-electron chi connectivity index (χ0n) is 23.7. The fourth-order valence-electron chi connectivity index (χ4n) is 4.61. The van der Waals surface area contributed by atoms with Gasteiger partial charge in [-0.1, -0.05) is 52.8 Å². The fourth-order valence-corrected chi connectivity index (χ4v) is 6.79. The summed E-state index contributed by atoms with van der Waals surface area (Å²) in [4.78, 5) is 32.0. The van der Waals surface area contributed by atoms with Crippen molar-refractivity contribution in [2.24, 2.45) is 4.99 Å². The number of hydrogen-bond acceptors (Lipinski definition) is 9. The number of carbonyl (C=O) groups excluding carboxylic acids is 1. The van der Waals surface area contributed by atoms with Crippen molar-refractivity contribution in [3.05, 3.63) is 119 Å². The Labute approximate surface area is 257 Å². The Balaban J connectivity index is 1.65. The fraction of sp³-hybridized carbons (Fsp3) is 0.194. The predicted octanol–water partition coefficient (Wildman–Crippen LogP) is 4.54. The molecule has 0 unspecified atom stereocenters. The topological polar surface area (TPSA) is 113 Å². The number of fused-ring (bicyclic) bond motifs is 1. The largest absolute Gasteiger partial charge is 0.497 e. The molecule has 5 rings (SSSR count). The van der Waals surface area contributed by atoms with Crippen LogP contribution < -0.4 is 23.8 Å². The van der Waals surface area contributed by atoms with Crippen molar-refractivity contribution in [3.63, 3.8) is 0 Å². The number of thiazole rings is 1. The summed E-state index contributed by atoms with van der Waals surface area (Å²) in [5.41, 5.74) is 2.05. The molecule has 0 spiro atoms. The average molecular weight is 639 g/mol. The smallest absolute Gasteiger partial charge is 0.339 e. The molecule has 3 aromatic carbocycles. The highest BCUT2D eigenvalue weighted by Gasteiger charge is 2.33. The first-order valence-corrected chi connectivity index (χ1v) is 15.8. The second kappa shape index (κ2) is 12.2. The van der Waals surface area contributed by atoms with Gasteiger partial charge in [0.05, 0.1) is 35.6 Å². The second-order valence-electron chi connectivity index (χ2n) is 9.61. The third kappa shape index (κ3) is 6.15. The van der Waals surface area contributed by atoms with Crippen molar-refractivity contribution in [2.75, 3.05) is 13.7 Å². The Bertz CT molecular complexity index is 2030. The Morgan fingerprint density at radius 3 is 2.42 bits per heavy atom. The molecule has 0 bridgehead atoms. The van der Waals surface area contributed by atoms with Gasteiger partial charge in [0.25, 0.3) is 5.56 Å². The van der Waals surface area contributed by atoms with Crippen molar-refractivity contribution in [1.82, 2.24) is 4.57 Å². The number of benzene rings is 3. The number of carbonyl (C=O) groups is 1. The maximum absolute atomic E-state index is 14.0. The van der Waals surface area contributed by atoms with Crippen molar-refractivity contribution in [1.29, 1.82) is 0 Å². The van der Waals surface area contributed by atoms with Crippen LogP contribution in [0.2, 0.25) is 5.02 Å². The predicted molar refractivity (Wildman–Crippen MR) is 164 cm³/mol. The summed E-state index contributed by atoms with van der Waals surface area (Å²) in [6.07, 6.45) is 1.50. The summed E-state index contributed by atoms with van der Waals surface area (Å²) in [6, 6.07) is 16.9. The van der Waals surface area contributed by atoms with E-state index in [1.165, 1.54) is 41.0 Å². The number of nitrogens with zero attached hydrogens (tertiary/aromatic N) is 2. The Morgan fingerprint density at radius 2 is 1.77 bits per heavy atom. The van der Waals surface area contributed by atoms with E-state index < -0.39 is 27.7 Å². The van der Waals surface area contributed by atoms with Gasteiger partial charge in [0.1, 0.15) is 16.4 Å². The van der Waals surface area contributed by atoms with E-state index in [1.807, 2.05) is 6.92 Å². The van der Waals surface area contributed by atoms with E-state index in [2.05, 4.69) is 4.99 Å². The molecule has 9 nitrogen and oxygen atoms in total. The Morgan fingerprint density at radius 1 is 1.07 bits per heavy atom. The summed E-state index contributed by atoms with van der Waals surface area (Å²) in [5, 5.41) is 0.315. The van der Waals surface area contributed by atoms with E-state index in [9.17, 15) is 18.0 Å². The van der Waals surface area contributed by atoms with Crippen molar-refractivity contribution in [2.45, 2.75) is 31.7 Å². The second-order valence-corrected chi connectivity index (χ2v) is 12.6. The molecule has 2 heterocycles. The molecule has 1 aromatic heterocycles. The van der Waals surface area contributed by atoms with Gasteiger partial charge in [-0.25, -0.2) is 9.79 Å². The van der Waals surface area contributed by atoms with Gasteiger partial charge in [-0.05, 0) is 74.9 Å². The minimum atomic E-state index is -4.18. The molecule has 1 aliphatic rings. The third-order valence-electron chi connectivity index (χ3n) is 6.72. The lowest BCUT2D eigenvalue weighted by molar-refractivity contribution is -0.139. The van der Waals surface area contributed by atoms with Crippen LogP contribution in [-0.4, -0.2) is 32.7 Å². The van der Waals surface area contributed by atoms with Gasteiger partial charge in [0.15, 0.2) is 4.80 Å². The molecule has 0 saturated heterocycles. The molecule has 0 saturated carbocycles. The zero-order valence-corrected chi connectivity index (χ0v) is 26.0. The Kier molecular flexibility index (Phi) is 8.59. The summed E-state index contributed by atoms with van der Waals surface area (Å²) < 4.78 is 43.9. The van der Waals surface area contributed by atoms with Gasteiger partial charge < -0.3 is 13.7 Å². The van der Waals surface area contributed by atoms with E-state index in [4.69, 9.17) is 25.3 Å². The quantitative estimate of drug-likeness (QED) is 0.206. The van der Waals surface area contributed by atoms with Gasteiger partial charge in [-0.15, -0.1) is 0 Å². The molecule has 1 aliphatic heterocycles. The van der Waals surface area contributed by atoms with Crippen LogP contribution in [0.15, 0.2) is 92.7 Å². The molecule has 1 atom stereocenters. The SMILES string of the molecule is CCOC(=O)C1=C(C)N=c2s/c(=C\c3cc(Cl)ccc3OS(=O)(=O)c3ccc(C)cc3)c(=O)n2[C@@H]1c1ccc(OC)cc1. The highest BCUT2D eigenvalue weighted by atomic mass is 35.5. The zero-order chi connectivity index (χ0) is 30.9.